The van der Waals surface area contributed by atoms with Crippen LogP contribution in [0.25, 0.3) is 10.8 Å². The van der Waals surface area contributed by atoms with Crippen molar-refractivity contribution < 1.29 is 23.9 Å². The van der Waals surface area contributed by atoms with Gasteiger partial charge in [-0.2, -0.15) is 0 Å². The number of fused-ring (bicyclic) bond motifs is 1. The average Bonchev–Trinajstić information content (AvgIpc) is 3.17. The van der Waals surface area contributed by atoms with E-state index < -0.39 is 18.4 Å². The molecule has 3 N–H and O–H groups in total. The monoisotopic (exact) mass is 420 g/mol. The number of aliphatic carboxylic acids is 1. The highest BCUT2D eigenvalue weighted by molar-refractivity contribution is 6.43. The van der Waals surface area contributed by atoms with Gasteiger partial charge in [-0.1, -0.05) is 29.3 Å². The van der Waals surface area contributed by atoms with Crippen molar-refractivity contribution in [2.75, 3.05) is 6.54 Å². The van der Waals surface area contributed by atoms with Gasteiger partial charge in [-0.25, -0.2) is 0 Å². The smallest absolute Gasteiger partial charge is 0.322 e. The molecule has 0 atom stereocenters. The maximum atomic E-state index is 12.3. The van der Waals surface area contributed by atoms with Gasteiger partial charge in [0.25, 0.3) is 11.8 Å². The number of halogens is 2. The molecule has 0 fully saturated rings. The van der Waals surface area contributed by atoms with Crippen LogP contribution in [0.15, 0.2) is 47.1 Å². The van der Waals surface area contributed by atoms with Crippen LogP contribution in [0.5, 0.6) is 0 Å². The van der Waals surface area contributed by atoms with E-state index in [0.29, 0.717) is 22.1 Å². The number of carbonyl (C=O) groups is 3. The zero-order valence-electron chi connectivity index (χ0n) is 14.3. The molecule has 0 aliphatic rings. The minimum atomic E-state index is -1.19. The van der Waals surface area contributed by atoms with Crippen molar-refractivity contribution in [3.63, 3.8) is 0 Å². The summed E-state index contributed by atoms with van der Waals surface area (Å²) in [4.78, 5) is 35.2. The standard InChI is InChI=1S/C19H14Cl2N2O5/c20-14-7-11-6-10(18(26)22-8-12-2-1-5-28-12)3-4-13(11)17(21)16(14)19(27)23-9-15(24)25/h1-7H,8-9H2,(H,22,26)(H,23,27)(H,24,25). The number of carboxylic acids is 1. The maximum Gasteiger partial charge on any atom is 0.322 e. The normalized spacial score (nSPS) is 10.6. The first-order valence-corrected chi connectivity index (χ1v) is 8.84. The highest BCUT2D eigenvalue weighted by Gasteiger charge is 2.19. The second-order valence-electron chi connectivity index (χ2n) is 5.82. The van der Waals surface area contributed by atoms with E-state index in [9.17, 15) is 14.4 Å². The molecular weight excluding hydrogens is 407 g/mol. The maximum absolute atomic E-state index is 12.3. The molecule has 0 bridgehead atoms. The molecule has 2 amide bonds. The molecule has 0 saturated heterocycles. The number of furan rings is 1. The molecule has 0 saturated carbocycles. The van der Waals surface area contributed by atoms with Crippen molar-refractivity contribution in [3.8, 4) is 0 Å². The second kappa shape index (κ2) is 8.33. The summed E-state index contributed by atoms with van der Waals surface area (Å²) in [5, 5.41) is 14.8. The first kappa shape index (κ1) is 19.7. The molecule has 7 nitrogen and oxygen atoms in total. The van der Waals surface area contributed by atoms with Crippen LogP contribution in [0.3, 0.4) is 0 Å². The van der Waals surface area contributed by atoms with Crippen LogP contribution in [0.4, 0.5) is 0 Å². The zero-order valence-corrected chi connectivity index (χ0v) is 15.8. The van der Waals surface area contributed by atoms with E-state index in [4.69, 9.17) is 32.7 Å². The summed E-state index contributed by atoms with van der Waals surface area (Å²) in [6.07, 6.45) is 1.52. The van der Waals surface area contributed by atoms with E-state index in [0.717, 1.165) is 0 Å². The van der Waals surface area contributed by atoms with Crippen molar-refractivity contribution in [2.24, 2.45) is 0 Å². The van der Waals surface area contributed by atoms with Crippen molar-refractivity contribution in [2.45, 2.75) is 6.54 Å². The van der Waals surface area contributed by atoms with Crippen LogP contribution in [0.2, 0.25) is 10.0 Å². The van der Waals surface area contributed by atoms with Crippen LogP contribution in [0, 0.1) is 0 Å². The number of amides is 2. The lowest BCUT2D eigenvalue weighted by atomic mass is 10.0. The number of hydrogen-bond donors (Lipinski definition) is 3. The van der Waals surface area contributed by atoms with Gasteiger partial charge >= 0.3 is 5.97 Å². The summed E-state index contributed by atoms with van der Waals surface area (Å²) < 4.78 is 5.17. The molecule has 0 aliphatic heterocycles. The largest absolute Gasteiger partial charge is 0.480 e. The van der Waals surface area contributed by atoms with E-state index in [1.54, 1.807) is 30.3 Å². The fourth-order valence-electron chi connectivity index (χ4n) is 2.61. The average molecular weight is 421 g/mol. The topological polar surface area (TPSA) is 109 Å². The van der Waals surface area contributed by atoms with Gasteiger partial charge in [0.2, 0.25) is 0 Å². The molecular formula is C19H14Cl2N2O5. The summed E-state index contributed by atoms with van der Waals surface area (Å²) in [6, 6.07) is 9.75. The van der Waals surface area contributed by atoms with E-state index in [1.165, 1.54) is 12.3 Å². The Hall–Kier alpha value is -3.03. The van der Waals surface area contributed by atoms with Gasteiger partial charge in [0.15, 0.2) is 0 Å². The minimum absolute atomic E-state index is 0.0212. The van der Waals surface area contributed by atoms with Crippen molar-refractivity contribution in [3.05, 3.63) is 69.6 Å². The summed E-state index contributed by atoms with van der Waals surface area (Å²) in [5.41, 5.74) is 0.362. The third-order valence-electron chi connectivity index (χ3n) is 3.92. The Bertz CT molecular complexity index is 1060. The highest BCUT2D eigenvalue weighted by atomic mass is 35.5. The van der Waals surface area contributed by atoms with Crippen LogP contribution >= 0.6 is 23.2 Å². The van der Waals surface area contributed by atoms with Gasteiger partial charge in [-0.3, -0.25) is 14.4 Å². The number of hydrogen-bond acceptors (Lipinski definition) is 4. The fraction of sp³-hybridized carbons (Fsp3) is 0.105. The number of rotatable bonds is 6. The summed E-state index contributed by atoms with van der Waals surface area (Å²) >= 11 is 12.5. The molecule has 2 aromatic carbocycles. The minimum Gasteiger partial charge on any atom is -0.480 e. The number of nitrogens with one attached hydrogen (secondary N) is 2. The lowest BCUT2D eigenvalue weighted by Gasteiger charge is -2.11. The molecule has 1 aromatic heterocycles. The molecule has 0 spiro atoms. The first-order chi connectivity index (χ1) is 13.4. The third-order valence-corrected chi connectivity index (χ3v) is 4.61. The predicted octanol–water partition coefficient (Wildman–Crippen LogP) is 3.48. The van der Waals surface area contributed by atoms with E-state index in [2.05, 4.69) is 10.6 Å². The molecule has 0 radical (unpaired) electrons. The van der Waals surface area contributed by atoms with Gasteiger partial charge in [-0.15, -0.1) is 0 Å². The van der Waals surface area contributed by atoms with Gasteiger partial charge in [0.1, 0.15) is 12.3 Å². The lowest BCUT2D eigenvalue weighted by molar-refractivity contribution is -0.135. The molecule has 3 rings (SSSR count). The summed E-state index contributed by atoms with van der Waals surface area (Å²) in [7, 11) is 0. The number of carboxylic acid groups (broad SMARTS) is 1. The molecule has 28 heavy (non-hydrogen) atoms. The lowest BCUT2D eigenvalue weighted by Crippen LogP contribution is -2.29. The van der Waals surface area contributed by atoms with Crippen LogP contribution in [-0.4, -0.2) is 29.4 Å². The third kappa shape index (κ3) is 4.27. The molecule has 144 valence electrons. The van der Waals surface area contributed by atoms with Crippen LogP contribution < -0.4 is 10.6 Å². The van der Waals surface area contributed by atoms with E-state index in [1.807, 2.05) is 0 Å². The Morgan fingerprint density at radius 3 is 2.50 bits per heavy atom. The van der Waals surface area contributed by atoms with Crippen LogP contribution in [-0.2, 0) is 11.3 Å². The Morgan fingerprint density at radius 2 is 1.82 bits per heavy atom. The second-order valence-corrected chi connectivity index (χ2v) is 6.61. The van der Waals surface area contributed by atoms with E-state index >= 15 is 0 Å². The summed E-state index contributed by atoms with van der Waals surface area (Å²) in [5.74, 6) is -1.57. The summed E-state index contributed by atoms with van der Waals surface area (Å²) in [6.45, 7) is -0.313. The van der Waals surface area contributed by atoms with Gasteiger partial charge in [0, 0.05) is 10.9 Å². The Labute approximate surface area is 169 Å². The molecule has 0 aliphatic carbocycles. The SMILES string of the molecule is O=C(O)CNC(=O)c1c(Cl)cc2cc(C(=O)NCc3ccco3)ccc2c1Cl. The van der Waals surface area contributed by atoms with Crippen molar-refractivity contribution in [1.82, 2.24) is 10.6 Å². The highest BCUT2D eigenvalue weighted by Crippen LogP contribution is 2.33. The Balaban J connectivity index is 1.86. The molecule has 0 unspecified atom stereocenters. The molecule has 1 heterocycles. The van der Waals surface area contributed by atoms with Crippen LogP contribution in [0.1, 0.15) is 26.5 Å². The van der Waals surface area contributed by atoms with Gasteiger partial charge in [0.05, 0.1) is 28.4 Å². The molecule has 3 aromatic rings. The Morgan fingerprint density at radius 1 is 1.04 bits per heavy atom. The quantitative estimate of drug-likeness (QED) is 0.565. The first-order valence-electron chi connectivity index (χ1n) is 8.09. The number of benzene rings is 2. The zero-order chi connectivity index (χ0) is 20.3. The predicted molar refractivity (Wildman–Crippen MR) is 104 cm³/mol. The van der Waals surface area contributed by atoms with Crippen molar-refractivity contribution in [1.29, 1.82) is 0 Å². The number of carbonyl (C=O) groups excluding carboxylic acids is 2. The van der Waals surface area contributed by atoms with Crippen molar-refractivity contribution >= 4 is 51.8 Å². The molecule has 9 heteroatoms. The Kier molecular flexibility index (Phi) is 5.87. The fourth-order valence-corrected chi connectivity index (χ4v) is 3.31. The van der Waals surface area contributed by atoms with Gasteiger partial charge in [-0.05, 0) is 35.7 Å². The van der Waals surface area contributed by atoms with E-state index in [-0.39, 0.29) is 28.1 Å². The van der Waals surface area contributed by atoms with Gasteiger partial charge < -0.3 is 20.2 Å².